The Bertz CT molecular complexity index is 387. The predicted molar refractivity (Wildman–Crippen MR) is 68.5 cm³/mol. The maximum Gasteiger partial charge on any atom is 0.416 e. The molecule has 1 aromatic carbocycles. The van der Waals surface area contributed by atoms with Gasteiger partial charge in [0.1, 0.15) is 0 Å². The number of aliphatic hydroxyl groups is 1. The SMILES string of the molecule is CC(C)CC[C@@H](O)[C@@H](N)c1ccc(C(F)(F)F)cc1. The van der Waals surface area contributed by atoms with Crippen LogP contribution >= 0.6 is 0 Å². The highest BCUT2D eigenvalue weighted by atomic mass is 19.4. The van der Waals surface area contributed by atoms with E-state index in [2.05, 4.69) is 0 Å². The molecule has 0 amide bonds. The van der Waals surface area contributed by atoms with Crippen LogP contribution in [0.5, 0.6) is 0 Å². The molecule has 108 valence electrons. The largest absolute Gasteiger partial charge is 0.416 e. The van der Waals surface area contributed by atoms with Gasteiger partial charge in [-0.1, -0.05) is 26.0 Å². The van der Waals surface area contributed by atoms with Crippen molar-refractivity contribution >= 4 is 0 Å². The van der Waals surface area contributed by atoms with Gasteiger partial charge < -0.3 is 10.8 Å². The summed E-state index contributed by atoms with van der Waals surface area (Å²) in [7, 11) is 0. The van der Waals surface area contributed by atoms with Crippen LogP contribution in [0.15, 0.2) is 24.3 Å². The molecular formula is C14H20F3NO. The Balaban J connectivity index is 2.69. The van der Waals surface area contributed by atoms with E-state index in [1.807, 2.05) is 13.8 Å². The van der Waals surface area contributed by atoms with Gasteiger partial charge in [-0.15, -0.1) is 0 Å². The molecule has 0 aliphatic heterocycles. The first-order valence-corrected chi connectivity index (χ1v) is 6.32. The van der Waals surface area contributed by atoms with Gasteiger partial charge in [-0.25, -0.2) is 0 Å². The normalized spacial score (nSPS) is 15.6. The van der Waals surface area contributed by atoms with E-state index in [0.29, 0.717) is 17.9 Å². The van der Waals surface area contributed by atoms with Crippen molar-refractivity contribution in [2.45, 2.75) is 45.0 Å². The number of rotatable bonds is 5. The number of benzene rings is 1. The molecule has 0 saturated heterocycles. The zero-order chi connectivity index (χ0) is 14.6. The second kappa shape index (κ2) is 6.39. The highest BCUT2D eigenvalue weighted by molar-refractivity contribution is 5.27. The van der Waals surface area contributed by atoms with Crippen LogP contribution in [-0.2, 0) is 6.18 Å². The van der Waals surface area contributed by atoms with Crippen molar-refractivity contribution in [1.29, 1.82) is 0 Å². The number of aliphatic hydroxyl groups excluding tert-OH is 1. The van der Waals surface area contributed by atoms with E-state index in [1.54, 1.807) is 0 Å². The fourth-order valence-electron chi connectivity index (χ4n) is 1.80. The standard InChI is InChI=1S/C14H20F3NO/c1-9(2)3-8-12(19)13(18)10-4-6-11(7-5-10)14(15,16)17/h4-7,9,12-13,19H,3,8,18H2,1-2H3/t12-,13+/m1/s1. The lowest BCUT2D eigenvalue weighted by Crippen LogP contribution is -2.26. The lowest BCUT2D eigenvalue weighted by atomic mass is 9.95. The molecule has 1 rings (SSSR count). The number of nitrogens with two attached hydrogens (primary N) is 1. The molecular weight excluding hydrogens is 255 g/mol. The van der Waals surface area contributed by atoms with E-state index in [-0.39, 0.29) is 0 Å². The van der Waals surface area contributed by atoms with Crippen molar-refractivity contribution < 1.29 is 18.3 Å². The fraction of sp³-hybridized carbons (Fsp3) is 0.571. The summed E-state index contributed by atoms with van der Waals surface area (Å²) >= 11 is 0. The zero-order valence-corrected chi connectivity index (χ0v) is 11.1. The first-order chi connectivity index (χ1) is 8.71. The maximum atomic E-state index is 12.4. The van der Waals surface area contributed by atoms with Crippen LogP contribution in [0, 0.1) is 5.92 Å². The third-order valence-corrected chi connectivity index (χ3v) is 3.08. The molecule has 3 N–H and O–H groups in total. The van der Waals surface area contributed by atoms with Crippen LogP contribution in [0.25, 0.3) is 0 Å². The summed E-state index contributed by atoms with van der Waals surface area (Å²) in [5.74, 6) is 0.453. The number of hydrogen-bond donors (Lipinski definition) is 2. The maximum absolute atomic E-state index is 12.4. The van der Waals surface area contributed by atoms with Gasteiger partial charge in [0.05, 0.1) is 17.7 Å². The molecule has 0 radical (unpaired) electrons. The van der Waals surface area contributed by atoms with Crippen molar-refractivity contribution in [1.82, 2.24) is 0 Å². The van der Waals surface area contributed by atoms with Crippen molar-refractivity contribution in [3.63, 3.8) is 0 Å². The quantitative estimate of drug-likeness (QED) is 0.864. The topological polar surface area (TPSA) is 46.2 Å². The first kappa shape index (κ1) is 16.0. The van der Waals surface area contributed by atoms with Gasteiger partial charge in [0, 0.05) is 0 Å². The van der Waals surface area contributed by atoms with E-state index in [0.717, 1.165) is 18.6 Å². The lowest BCUT2D eigenvalue weighted by Gasteiger charge is -2.20. The molecule has 0 aliphatic rings. The Morgan fingerprint density at radius 3 is 2.05 bits per heavy atom. The minimum absolute atomic E-state index is 0.453. The summed E-state index contributed by atoms with van der Waals surface area (Å²) in [5.41, 5.74) is 5.66. The molecule has 2 atom stereocenters. The van der Waals surface area contributed by atoms with Crippen LogP contribution in [0.4, 0.5) is 13.2 Å². The van der Waals surface area contributed by atoms with E-state index < -0.39 is 23.9 Å². The van der Waals surface area contributed by atoms with E-state index in [1.165, 1.54) is 12.1 Å². The molecule has 0 saturated carbocycles. The van der Waals surface area contributed by atoms with Gasteiger partial charge in [0.15, 0.2) is 0 Å². The number of hydrogen-bond acceptors (Lipinski definition) is 2. The fourth-order valence-corrected chi connectivity index (χ4v) is 1.80. The van der Waals surface area contributed by atoms with Gasteiger partial charge in [0.25, 0.3) is 0 Å². The highest BCUT2D eigenvalue weighted by Gasteiger charge is 2.30. The molecule has 0 bridgehead atoms. The van der Waals surface area contributed by atoms with Gasteiger partial charge in [0.2, 0.25) is 0 Å². The van der Waals surface area contributed by atoms with Crippen LogP contribution in [0.2, 0.25) is 0 Å². The molecule has 0 spiro atoms. The van der Waals surface area contributed by atoms with E-state index in [9.17, 15) is 18.3 Å². The molecule has 1 aromatic rings. The van der Waals surface area contributed by atoms with E-state index >= 15 is 0 Å². The predicted octanol–water partition coefficient (Wildman–Crippen LogP) is 3.50. The summed E-state index contributed by atoms with van der Waals surface area (Å²) in [5, 5.41) is 9.90. The molecule has 5 heteroatoms. The summed E-state index contributed by atoms with van der Waals surface area (Å²) in [6.07, 6.45) is -3.71. The monoisotopic (exact) mass is 275 g/mol. The molecule has 0 aromatic heterocycles. The summed E-state index contributed by atoms with van der Waals surface area (Å²) < 4.78 is 37.2. The molecule has 0 fully saturated rings. The third kappa shape index (κ3) is 4.84. The Morgan fingerprint density at radius 2 is 1.63 bits per heavy atom. The van der Waals surface area contributed by atoms with Crippen LogP contribution in [-0.4, -0.2) is 11.2 Å². The summed E-state index contributed by atoms with van der Waals surface area (Å²) in [4.78, 5) is 0. The second-order valence-electron chi connectivity index (χ2n) is 5.18. The Morgan fingerprint density at radius 1 is 1.11 bits per heavy atom. The molecule has 0 aliphatic carbocycles. The minimum Gasteiger partial charge on any atom is -0.391 e. The van der Waals surface area contributed by atoms with Crippen molar-refractivity contribution in [2.24, 2.45) is 11.7 Å². The first-order valence-electron chi connectivity index (χ1n) is 6.32. The molecule has 0 unspecified atom stereocenters. The van der Waals surface area contributed by atoms with Crippen LogP contribution < -0.4 is 5.73 Å². The van der Waals surface area contributed by atoms with Gasteiger partial charge in [-0.05, 0) is 36.5 Å². The average molecular weight is 275 g/mol. The molecule has 19 heavy (non-hydrogen) atoms. The zero-order valence-electron chi connectivity index (χ0n) is 11.1. The van der Waals surface area contributed by atoms with Crippen LogP contribution in [0.1, 0.15) is 43.9 Å². The highest BCUT2D eigenvalue weighted by Crippen LogP contribution is 2.30. The van der Waals surface area contributed by atoms with E-state index in [4.69, 9.17) is 5.73 Å². The second-order valence-corrected chi connectivity index (χ2v) is 5.18. The number of halogens is 3. The van der Waals surface area contributed by atoms with Gasteiger partial charge in [-0.2, -0.15) is 13.2 Å². The smallest absolute Gasteiger partial charge is 0.391 e. The number of alkyl halides is 3. The van der Waals surface area contributed by atoms with Crippen molar-refractivity contribution in [3.05, 3.63) is 35.4 Å². The average Bonchev–Trinajstić information content (AvgIpc) is 2.34. The lowest BCUT2D eigenvalue weighted by molar-refractivity contribution is -0.137. The van der Waals surface area contributed by atoms with Crippen LogP contribution in [0.3, 0.4) is 0 Å². The van der Waals surface area contributed by atoms with Gasteiger partial charge >= 0.3 is 6.18 Å². The van der Waals surface area contributed by atoms with Crippen molar-refractivity contribution in [3.8, 4) is 0 Å². The van der Waals surface area contributed by atoms with Crippen molar-refractivity contribution in [2.75, 3.05) is 0 Å². The Kier molecular flexibility index (Phi) is 5.38. The third-order valence-electron chi connectivity index (χ3n) is 3.08. The van der Waals surface area contributed by atoms with Gasteiger partial charge in [-0.3, -0.25) is 0 Å². The Hall–Kier alpha value is -1.07. The summed E-state index contributed by atoms with van der Waals surface area (Å²) in [6.45, 7) is 4.08. The Labute approximate surface area is 111 Å². The minimum atomic E-state index is -4.35. The summed E-state index contributed by atoms with van der Waals surface area (Å²) in [6, 6.07) is 3.98. The molecule has 2 nitrogen and oxygen atoms in total. The molecule has 0 heterocycles.